The Kier molecular flexibility index (Phi) is 5.94. The number of aromatic nitrogens is 3. The Morgan fingerprint density at radius 2 is 1.85 bits per heavy atom. The average Bonchev–Trinajstić information content (AvgIpc) is 3.15. The molecule has 0 fully saturated rings. The van der Waals surface area contributed by atoms with E-state index in [0.717, 1.165) is 24.3 Å². The van der Waals surface area contributed by atoms with Crippen LogP contribution in [0.1, 0.15) is 23.7 Å². The molecule has 4 aromatic rings. The van der Waals surface area contributed by atoms with Gasteiger partial charge in [0.05, 0.1) is 6.61 Å². The molecular weight excluding hydrogens is 440 g/mol. The normalized spacial score (nSPS) is 12.8. The summed E-state index contributed by atoms with van der Waals surface area (Å²) in [6.45, 7) is 1.04. The molecule has 33 heavy (non-hydrogen) atoms. The number of alkyl halides is 2. The first-order valence-electron chi connectivity index (χ1n) is 10.0. The lowest BCUT2D eigenvalue weighted by atomic mass is 10.0. The van der Waals surface area contributed by atoms with Gasteiger partial charge in [0.1, 0.15) is 11.9 Å². The monoisotopic (exact) mass is 460 g/mol. The van der Waals surface area contributed by atoms with Gasteiger partial charge in [0.15, 0.2) is 17.2 Å². The van der Waals surface area contributed by atoms with Gasteiger partial charge >= 0.3 is 0 Å². The third-order valence-corrected chi connectivity index (χ3v) is 5.23. The van der Waals surface area contributed by atoms with Crippen molar-refractivity contribution in [1.82, 2.24) is 14.6 Å². The van der Waals surface area contributed by atoms with Crippen molar-refractivity contribution in [1.29, 1.82) is 0 Å². The summed E-state index contributed by atoms with van der Waals surface area (Å²) in [4.78, 5) is 4.04. The van der Waals surface area contributed by atoms with Crippen LogP contribution in [0.2, 0.25) is 0 Å². The zero-order valence-electron chi connectivity index (χ0n) is 17.5. The molecule has 0 spiro atoms. The van der Waals surface area contributed by atoms with E-state index in [9.17, 15) is 18.3 Å². The zero-order chi connectivity index (χ0) is 23.8. The van der Waals surface area contributed by atoms with Gasteiger partial charge in [-0.25, -0.2) is 22.1 Å². The van der Waals surface area contributed by atoms with Crippen molar-refractivity contribution in [2.45, 2.75) is 25.4 Å². The molecule has 10 heteroatoms. The summed E-state index contributed by atoms with van der Waals surface area (Å²) in [7, 11) is 0. The molecule has 172 valence electrons. The molecular formula is C23H20F4N4O2. The minimum Gasteiger partial charge on any atom is -0.490 e. The molecule has 0 aliphatic rings. The van der Waals surface area contributed by atoms with E-state index >= 15 is 4.39 Å². The molecule has 0 radical (unpaired) electrons. The number of nitrogen functional groups attached to an aromatic ring is 1. The van der Waals surface area contributed by atoms with E-state index in [-0.39, 0.29) is 22.8 Å². The predicted molar refractivity (Wildman–Crippen MR) is 114 cm³/mol. The highest BCUT2D eigenvalue weighted by Gasteiger charge is 2.39. The maximum Gasteiger partial charge on any atom is 0.280 e. The summed E-state index contributed by atoms with van der Waals surface area (Å²) in [5.41, 5.74) is 6.96. The van der Waals surface area contributed by atoms with E-state index in [1.54, 1.807) is 37.4 Å². The number of halogens is 4. The van der Waals surface area contributed by atoms with Crippen LogP contribution in [0.4, 0.5) is 23.5 Å². The highest BCUT2D eigenvalue weighted by Crippen LogP contribution is 2.36. The van der Waals surface area contributed by atoms with Crippen molar-refractivity contribution in [3.05, 3.63) is 77.5 Å². The van der Waals surface area contributed by atoms with Gasteiger partial charge in [-0.05, 0) is 47.9 Å². The molecule has 0 saturated heterocycles. The standard InChI is InChI=1S/C23H20F4N4O2/c1-13-2-7-17(15-8-10-31-18(12-15)29-22(28)30-31)19(25)20(13)33-11-9-23(26,27)21(32)14-3-5-16(24)6-4-14/h2-8,10,12,21,32H,9,11H2,1H3,(H2,28,30). The van der Waals surface area contributed by atoms with Crippen molar-refractivity contribution in [2.75, 3.05) is 12.3 Å². The van der Waals surface area contributed by atoms with Crippen LogP contribution >= 0.6 is 0 Å². The lowest BCUT2D eigenvalue weighted by Gasteiger charge is -2.23. The van der Waals surface area contributed by atoms with E-state index in [1.165, 1.54) is 4.52 Å². The summed E-state index contributed by atoms with van der Waals surface area (Å²) < 4.78 is 64.0. The zero-order valence-corrected chi connectivity index (χ0v) is 17.5. The number of hydrogen-bond acceptors (Lipinski definition) is 5. The fraction of sp³-hybridized carbons (Fsp3) is 0.217. The fourth-order valence-corrected chi connectivity index (χ4v) is 3.43. The number of aryl methyl sites for hydroxylation is 1. The van der Waals surface area contributed by atoms with Gasteiger partial charge in [0.25, 0.3) is 5.92 Å². The Bertz CT molecular complexity index is 1290. The molecule has 1 unspecified atom stereocenters. The van der Waals surface area contributed by atoms with Gasteiger partial charge in [-0.3, -0.25) is 0 Å². The molecule has 2 aromatic carbocycles. The average molecular weight is 460 g/mol. The number of aliphatic hydroxyl groups is 1. The van der Waals surface area contributed by atoms with Gasteiger partial charge in [0.2, 0.25) is 5.95 Å². The van der Waals surface area contributed by atoms with E-state index in [1.807, 2.05) is 0 Å². The molecule has 4 rings (SSSR count). The third kappa shape index (κ3) is 4.61. The highest BCUT2D eigenvalue weighted by molar-refractivity contribution is 5.70. The lowest BCUT2D eigenvalue weighted by molar-refractivity contribution is -0.120. The number of anilines is 1. The van der Waals surface area contributed by atoms with Crippen molar-refractivity contribution in [3.8, 4) is 16.9 Å². The molecule has 0 amide bonds. The second-order valence-corrected chi connectivity index (χ2v) is 7.57. The van der Waals surface area contributed by atoms with Crippen LogP contribution in [0.25, 0.3) is 16.8 Å². The van der Waals surface area contributed by atoms with E-state index in [4.69, 9.17) is 10.5 Å². The van der Waals surface area contributed by atoms with Crippen LogP contribution in [-0.4, -0.2) is 32.2 Å². The SMILES string of the molecule is Cc1ccc(-c2ccn3nc(N)nc3c2)c(F)c1OCCC(F)(F)C(O)c1ccc(F)cc1. The fourth-order valence-electron chi connectivity index (χ4n) is 3.43. The first-order valence-corrected chi connectivity index (χ1v) is 10.0. The number of rotatable bonds is 7. The molecule has 1 atom stereocenters. The quantitative estimate of drug-likeness (QED) is 0.391. The summed E-state index contributed by atoms with van der Waals surface area (Å²) in [5, 5.41) is 14.0. The number of ether oxygens (including phenoxy) is 1. The largest absolute Gasteiger partial charge is 0.490 e. The number of nitrogens with two attached hydrogens (primary N) is 1. The summed E-state index contributed by atoms with van der Waals surface area (Å²) >= 11 is 0. The number of hydrogen-bond donors (Lipinski definition) is 2. The number of benzene rings is 2. The van der Waals surface area contributed by atoms with Crippen molar-refractivity contribution in [3.63, 3.8) is 0 Å². The van der Waals surface area contributed by atoms with Crippen LogP contribution in [0, 0.1) is 18.6 Å². The molecule has 2 aromatic heterocycles. The minimum atomic E-state index is -3.57. The summed E-state index contributed by atoms with van der Waals surface area (Å²) in [5.74, 6) is -4.98. The van der Waals surface area contributed by atoms with Gasteiger partial charge < -0.3 is 15.6 Å². The predicted octanol–water partition coefficient (Wildman–Crippen LogP) is 4.70. The Labute approximate surface area is 186 Å². The van der Waals surface area contributed by atoms with Gasteiger partial charge in [-0.1, -0.05) is 24.3 Å². The second-order valence-electron chi connectivity index (χ2n) is 7.57. The van der Waals surface area contributed by atoms with Crippen molar-refractivity contribution in [2.24, 2.45) is 0 Å². The number of aliphatic hydroxyl groups excluding tert-OH is 1. The van der Waals surface area contributed by atoms with Crippen molar-refractivity contribution < 1.29 is 27.4 Å². The highest BCUT2D eigenvalue weighted by atomic mass is 19.3. The minimum absolute atomic E-state index is 0.0734. The van der Waals surface area contributed by atoms with Gasteiger partial charge in [-0.2, -0.15) is 4.98 Å². The van der Waals surface area contributed by atoms with Crippen LogP contribution in [0.15, 0.2) is 54.7 Å². The van der Waals surface area contributed by atoms with E-state index in [0.29, 0.717) is 16.8 Å². The van der Waals surface area contributed by atoms with Crippen LogP contribution in [-0.2, 0) is 0 Å². The van der Waals surface area contributed by atoms with Crippen LogP contribution < -0.4 is 10.5 Å². The van der Waals surface area contributed by atoms with E-state index in [2.05, 4.69) is 10.1 Å². The number of fused-ring (bicyclic) bond motifs is 1. The maximum atomic E-state index is 15.2. The topological polar surface area (TPSA) is 85.7 Å². The number of pyridine rings is 1. The van der Waals surface area contributed by atoms with Crippen molar-refractivity contribution >= 4 is 11.6 Å². The van der Waals surface area contributed by atoms with Crippen LogP contribution in [0.3, 0.4) is 0 Å². The molecule has 2 heterocycles. The third-order valence-electron chi connectivity index (χ3n) is 5.23. The smallest absolute Gasteiger partial charge is 0.280 e. The Morgan fingerprint density at radius 3 is 2.58 bits per heavy atom. The Morgan fingerprint density at radius 1 is 1.12 bits per heavy atom. The molecule has 0 bridgehead atoms. The molecule has 3 N–H and O–H groups in total. The molecule has 0 saturated carbocycles. The molecule has 6 nitrogen and oxygen atoms in total. The Hall–Kier alpha value is -3.66. The molecule has 0 aliphatic carbocycles. The molecule has 0 aliphatic heterocycles. The van der Waals surface area contributed by atoms with E-state index < -0.39 is 36.7 Å². The summed E-state index contributed by atoms with van der Waals surface area (Å²) in [6.07, 6.45) is -1.45. The van der Waals surface area contributed by atoms with Crippen LogP contribution in [0.5, 0.6) is 5.75 Å². The first-order chi connectivity index (χ1) is 15.7. The first kappa shape index (κ1) is 22.5. The Balaban J connectivity index is 1.51. The van der Waals surface area contributed by atoms with Gasteiger partial charge in [-0.15, -0.1) is 5.10 Å². The maximum absolute atomic E-state index is 15.2. The number of nitrogens with zero attached hydrogens (tertiary/aromatic N) is 3. The lowest BCUT2D eigenvalue weighted by Crippen LogP contribution is -2.28. The van der Waals surface area contributed by atoms with Gasteiger partial charge in [0, 0.05) is 18.2 Å². The second kappa shape index (κ2) is 8.70. The summed E-state index contributed by atoms with van der Waals surface area (Å²) in [6, 6.07) is 10.5.